The van der Waals surface area contributed by atoms with Gasteiger partial charge in [0, 0.05) is 4.90 Å². The number of aryl methyl sites for hydroxylation is 1. The minimum atomic E-state index is -0.333. The van der Waals surface area contributed by atoms with Gasteiger partial charge < -0.3 is 4.74 Å². The third kappa shape index (κ3) is 4.58. The Hall–Kier alpha value is -2.16. The van der Waals surface area contributed by atoms with Crippen molar-refractivity contribution in [2.75, 3.05) is 18.7 Å². The van der Waals surface area contributed by atoms with Crippen molar-refractivity contribution in [3.63, 3.8) is 0 Å². The third-order valence-electron chi connectivity index (χ3n) is 3.72. The Morgan fingerprint density at radius 2 is 1.96 bits per heavy atom. The molecule has 0 spiro atoms. The Kier molecular flexibility index (Phi) is 6.65. The predicted octanol–water partition coefficient (Wildman–Crippen LogP) is 4.83. The summed E-state index contributed by atoms with van der Waals surface area (Å²) in [6.45, 7) is 6.39. The number of carbonyl (C=O) groups excluding carboxylic acids is 1. The fourth-order valence-corrected chi connectivity index (χ4v) is 4.39. The Morgan fingerprint density at radius 1 is 1.19 bits per heavy atom. The maximum Gasteiger partial charge on any atom is 0.348 e. The first kappa shape index (κ1) is 19.6. The summed E-state index contributed by atoms with van der Waals surface area (Å²) in [5.41, 5.74) is 3.70. The van der Waals surface area contributed by atoms with Crippen LogP contribution < -0.4 is 5.48 Å². The van der Waals surface area contributed by atoms with Gasteiger partial charge in [0.2, 0.25) is 0 Å². The molecule has 0 fully saturated rings. The van der Waals surface area contributed by atoms with Gasteiger partial charge in [0.25, 0.3) is 0 Å². The quantitative estimate of drug-likeness (QED) is 0.328. The van der Waals surface area contributed by atoms with E-state index >= 15 is 0 Å². The molecule has 0 atom stereocenters. The topological polar surface area (TPSA) is 73.3 Å². The van der Waals surface area contributed by atoms with Gasteiger partial charge in [-0.3, -0.25) is 4.84 Å². The number of benzene rings is 1. The van der Waals surface area contributed by atoms with Gasteiger partial charge in [-0.05, 0) is 38.5 Å². The average molecular weight is 404 g/mol. The lowest BCUT2D eigenvalue weighted by Gasteiger charge is -2.09. The number of ether oxygens (including phenoxy) is 1. The number of anilines is 1. The highest BCUT2D eigenvalue weighted by molar-refractivity contribution is 7.98. The van der Waals surface area contributed by atoms with Gasteiger partial charge in [0.1, 0.15) is 15.5 Å². The highest BCUT2D eigenvalue weighted by Gasteiger charge is 2.21. The van der Waals surface area contributed by atoms with Crippen LogP contribution in [0.4, 0.5) is 5.82 Å². The molecule has 2 aromatic heterocycles. The lowest BCUT2D eigenvalue weighted by atomic mass is 10.2. The van der Waals surface area contributed by atoms with Crippen LogP contribution in [0.15, 0.2) is 35.2 Å². The number of aromatic nitrogens is 2. The molecule has 0 saturated carbocycles. The van der Waals surface area contributed by atoms with E-state index in [2.05, 4.69) is 27.6 Å². The van der Waals surface area contributed by atoms with Gasteiger partial charge in [-0.1, -0.05) is 18.2 Å². The third-order valence-corrected chi connectivity index (χ3v) is 5.90. The molecule has 2 heterocycles. The molecule has 1 aromatic carbocycles. The molecule has 142 valence electrons. The van der Waals surface area contributed by atoms with Crippen molar-refractivity contribution in [2.24, 2.45) is 0 Å². The zero-order valence-corrected chi connectivity index (χ0v) is 17.1. The second-order valence-corrected chi connectivity index (χ2v) is 7.63. The van der Waals surface area contributed by atoms with Crippen LogP contribution in [0, 0.1) is 6.92 Å². The van der Waals surface area contributed by atoms with E-state index in [0.717, 1.165) is 20.7 Å². The van der Waals surface area contributed by atoms with Crippen LogP contribution in [0.5, 0.6) is 0 Å². The molecule has 0 bridgehead atoms. The summed E-state index contributed by atoms with van der Waals surface area (Å²) in [6, 6.07) is 10.1. The van der Waals surface area contributed by atoms with Crippen LogP contribution in [0.1, 0.15) is 34.9 Å². The van der Waals surface area contributed by atoms with Gasteiger partial charge in [0.15, 0.2) is 5.82 Å². The molecular weight excluding hydrogens is 382 g/mol. The summed E-state index contributed by atoms with van der Waals surface area (Å²) in [4.78, 5) is 29.3. The molecular formula is C19H21N3O3S2. The molecule has 0 aliphatic carbocycles. The maximum absolute atomic E-state index is 12.2. The zero-order valence-electron chi connectivity index (χ0n) is 15.4. The Bertz CT molecular complexity index is 929. The molecule has 1 N–H and O–H groups in total. The molecule has 3 rings (SSSR count). The summed E-state index contributed by atoms with van der Waals surface area (Å²) < 4.78 is 5.16. The molecule has 6 nitrogen and oxygen atoms in total. The highest BCUT2D eigenvalue weighted by Crippen LogP contribution is 2.35. The van der Waals surface area contributed by atoms with Crippen molar-refractivity contribution in [3.05, 3.63) is 46.6 Å². The highest BCUT2D eigenvalue weighted by atomic mass is 32.2. The van der Waals surface area contributed by atoms with E-state index in [0.29, 0.717) is 35.5 Å². The van der Waals surface area contributed by atoms with E-state index in [1.54, 1.807) is 18.7 Å². The average Bonchev–Trinajstić information content (AvgIpc) is 3.02. The van der Waals surface area contributed by atoms with Crippen LogP contribution in [0.2, 0.25) is 0 Å². The molecule has 0 amide bonds. The van der Waals surface area contributed by atoms with Crippen molar-refractivity contribution < 1.29 is 14.4 Å². The molecule has 0 saturated heterocycles. The number of rotatable bonds is 8. The van der Waals surface area contributed by atoms with Crippen LogP contribution >= 0.6 is 23.1 Å². The van der Waals surface area contributed by atoms with Crippen molar-refractivity contribution in [1.82, 2.24) is 9.97 Å². The summed E-state index contributed by atoms with van der Waals surface area (Å²) in [5, 5.41) is 0.796. The van der Waals surface area contributed by atoms with E-state index in [4.69, 9.17) is 9.57 Å². The first-order valence-corrected chi connectivity index (χ1v) is 10.5. The number of nitrogens with one attached hydrogen (secondary N) is 1. The lowest BCUT2D eigenvalue weighted by Crippen LogP contribution is -2.06. The summed E-state index contributed by atoms with van der Waals surface area (Å²) in [5.74, 6) is 1.54. The second kappa shape index (κ2) is 9.16. The number of carbonyl (C=O) groups is 1. The van der Waals surface area contributed by atoms with Crippen LogP contribution in [-0.4, -0.2) is 29.2 Å². The van der Waals surface area contributed by atoms with Crippen LogP contribution in [-0.2, 0) is 15.3 Å². The minimum Gasteiger partial charge on any atom is -0.462 e. The molecule has 0 aliphatic heterocycles. The number of hydrogen-bond donors (Lipinski definition) is 1. The Morgan fingerprint density at radius 3 is 2.67 bits per heavy atom. The molecule has 0 aliphatic rings. The smallest absolute Gasteiger partial charge is 0.348 e. The van der Waals surface area contributed by atoms with E-state index in [9.17, 15) is 4.79 Å². The molecule has 0 unspecified atom stereocenters. The van der Waals surface area contributed by atoms with Crippen LogP contribution in [0.25, 0.3) is 10.2 Å². The van der Waals surface area contributed by atoms with E-state index in [1.807, 2.05) is 32.0 Å². The Balaban J connectivity index is 1.96. The van der Waals surface area contributed by atoms with E-state index in [-0.39, 0.29) is 5.97 Å². The first-order valence-electron chi connectivity index (χ1n) is 8.66. The van der Waals surface area contributed by atoms with E-state index < -0.39 is 0 Å². The number of thiophene rings is 1. The number of nitrogens with zero attached hydrogens (tertiary/aromatic N) is 2. The fraction of sp³-hybridized carbons (Fsp3) is 0.316. The van der Waals surface area contributed by atoms with Gasteiger partial charge in [0.05, 0.1) is 24.4 Å². The second-order valence-electron chi connectivity index (χ2n) is 5.58. The lowest BCUT2D eigenvalue weighted by molar-refractivity contribution is 0.0531. The largest absolute Gasteiger partial charge is 0.462 e. The first-order chi connectivity index (χ1) is 13.1. The van der Waals surface area contributed by atoms with Gasteiger partial charge in [-0.2, -0.15) is 0 Å². The zero-order chi connectivity index (χ0) is 19.2. The predicted molar refractivity (Wildman–Crippen MR) is 109 cm³/mol. The van der Waals surface area contributed by atoms with Crippen molar-refractivity contribution in [3.8, 4) is 0 Å². The fourth-order valence-electron chi connectivity index (χ4n) is 2.52. The number of hydrogen-bond acceptors (Lipinski definition) is 8. The van der Waals surface area contributed by atoms with Gasteiger partial charge in [-0.25, -0.2) is 20.2 Å². The van der Waals surface area contributed by atoms with Crippen LogP contribution in [0.3, 0.4) is 0 Å². The summed E-state index contributed by atoms with van der Waals surface area (Å²) in [6.07, 6.45) is 0. The minimum absolute atomic E-state index is 0.333. The maximum atomic E-state index is 12.2. The standard InChI is InChI=1S/C19H21N3O3S2/c1-4-24-19(23)16-12(3)15-17(22-25-5-2)20-14(21-18(15)27-16)11-26-13-9-7-6-8-10-13/h6-10H,4-5,11H2,1-3H3,(H,20,21,22). The molecule has 27 heavy (non-hydrogen) atoms. The van der Waals surface area contributed by atoms with Crippen molar-refractivity contribution in [1.29, 1.82) is 0 Å². The number of fused-ring (bicyclic) bond motifs is 1. The molecule has 8 heteroatoms. The summed E-state index contributed by atoms with van der Waals surface area (Å²) >= 11 is 2.98. The number of esters is 1. The summed E-state index contributed by atoms with van der Waals surface area (Å²) in [7, 11) is 0. The Labute approximate surface area is 166 Å². The van der Waals surface area contributed by atoms with Gasteiger partial charge >= 0.3 is 5.97 Å². The van der Waals surface area contributed by atoms with E-state index in [1.165, 1.54) is 11.3 Å². The number of thioether (sulfide) groups is 1. The normalized spacial score (nSPS) is 10.9. The SMILES string of the molecule is CCONc1nc(CSc2ccccc2)nc2sc(C(=O)OCC)c(C)c12. The van der Waals surface area contributed by atoms with Gasteiger partial charge in [-0.15, -0.1) is 23.1 Å². The van der Waals surface area contributed by atoms with Crippen molar-refractivity contribution in [2.45, 2.75) is 31.4 Å². The molecule has 3 aromatic rings. The monoisotopic (exact) mass is 403 g/mol. The molecule has 0 radical (unpaired) electrons. The van der Waals surface area contributed by atoms with Crippen molar-refractivity contribution >= 4 is 45.1 Å².